The minimum absolute atomic E-state index is 0.0606. The minimum atomic E-state index is -2.88. The van der Waals surface area contributed by atoms with Crippen molar-refractivity contribution in [3.05, 3.63) is 0 Å². The van der Waals surface area contributed by atoms with Crippen LogP contribution in [0.3, 0.4) is 0 Å². The van der Waals surface area contributed by atoms with Gasteiger partial charge in [0.05, 0.1) is 5.75 Å². The van der Waals surface area contributed by atoms with E-state index >= 15 is 0 Å². The molecule has 0 saturated carbocycles. The first kappa shape index (κ1) is 15.4. The summed E-state index contributed by atoms with van der Waals surface area (Å²) in [6.45, 7) is 6.94. The Morgan fingerprint density at radius 1 is 1.38 bits per heavy atom. The normalized spacial score (nSPS) is 14.6. The molecule has 0 heterocycles. The van der Waals surface area contributed by atoms with Gasteiger partial charge in [-0.15, -0.1) is 0 Å². The van der Waals surface area contributed by atoms with E-state index in [2.05, 4.69) is 10.5 Å². The van der Waals surface area contributed by atoms with E-state index in [1.807, 2.05) is 20.8 Å². The predicted molar refractivity (Wildman–Crippen MR) is 66.5 cm³/mol. The predicted octanol–water partition coefficient (Wildman–Crippen LogP) is 0.668. The van der Waals surface area contributed by atoms with E-state index < -0.39 is 9.84 Å². The molecule has 16 heavy (non-hydrogen) atoms. The summed E-state index contributed by atoms with van der Waals surface area (Å²) < 4.78 is 21.7. The molecule has 0 radical (unpaired) electrons. The zero-order valence-electron chi connectivity index (χ0n) is 10.4. The zero-order valence-corrected chi connectivity index (χ0v) is 11.3. The second-order valence-corrected chi connectivity index (χ2v) is 6.51. The molecular formula is C10H22N2O3S. The summed E-state index contributed by atoms with van der Waals surface area (Å²) in [7, 11) is -2.88. The molecule has 0 fully saturated rings. The molecule has 0 aromatic carbocycles. The van der Waals surface area contributed by atoms with E-state index in [0.29, 0.717) is 19.0 Å². The van der Waals surface area contributed by atoms with Gasteiger partial charge >= 0.3 is 0 Å². The van der Waals surface area contributed by atoms with Crippen molar-refractivity contribution < 1.29 is 13.3 Å². The van der Waals surface area contributed by atoms with Crippen molar-refractivity contribution in [3.8, 4) is 0 Å². The van der Waals surface area contributed by atoms with Crippen LogP contribution in [0.4, 0.5) is 0 Å². The van der Waals surface area contributed by atoms with Crippen molar-refractivity contribution in [2.45, 2.75) is 26.9 Å². The second kappa shape index (κ2) is 7.62. The summed E-state index contributed by atoms with van der Waals surface area (Å²) >= 11 is 0. The van der Waals surface area contributed by atoms with Crippen molar-refractivity contribution in [3.63, 3.8) is 0 Å². The third-order valence-corrected chi connectivity index (χ3v) is 2.63. The molecule has 1 atom stereocenters. The number of hydrogen-bond acceptors (Lipinski definition) is 5. The first-order valence-electron chi connectivity index (χ1n) is 5.39. The van der Waals surface area contributed by atoms with E-state index in [4.69, 9.17) is 4.84 Å². The first-order valence-corrected chi connectivity index (χ1v) is 7.45. The third kappa shape index (κ3) is 11.5. The Bertz CT molecular complexity index is 299. The number of oxime groups is 1. The number of rotatable bonds is 8. The lowest BCUT2D eigenvalue weighted by molar-refractivity contribution is 0.0730. The van der Waals surface area contributed by atoms with E-state index in [1.165, 1.54) is 6.26 Å². The van der Waals surface area contributed by atoms with Crippen molar-refractivity contribution in [1.29, 1.82) is 0 Å². The van der Waals surface area contributed by atoms with E-state index in [-0.39, 0.29) is 11.9 Å². The van der Waals surface area contributed by atoms with Crippen LogP contribution in [0.2, 0.25) is 0 Å². The molecule has 0 aromatic heterocycles. The van der Waals surface area contributed by atoms with Crippen molar-refractivity contribution in [2.24, 2.45) is 11.1 Å². The third-order valence-electron chi connectivity index (χ3n) is 1.68. The van der Waals surface area contributed by atoms with Gasteiger partial charge in [-0.2, -0.15) is 0 Å². The van der Waals surface area contributed by atoms with Gasteiger partial charge in [0, 0.05) is 25.6 Å². The Morgan fingerprint density at radius 3 is 2.50 bits per heavy atom. The molecule has 6 heteroatoms. The lowest BCUT2D eigenvalue weighted by Crippen LogP contribution is -2.29. The van der Waals surface area contributed by atoms with Gasteiger partial charge in [0.1, 0.15) is 15.9 Å². The van der Waals surface area contributed by atoms with Crippen LogP contribution in [-0.4, -0.2) is 45.8 Å². The van der Waals surface area contributed by atoms with Gasteiger partial charge in [0.25, 0.3) is 0 Å². The van der Waals surface area contributed by atoms with E-state index in [1.54, 1.807) is 6.21 Å². The molecule has 1 N–H and O–H groups in total. The fourth-order valence-electron chi connectivity index (χ4n) is 0.861. The molecule has 0 aliphatic rings. The van der Waals surface area contributed by atoms with Gasteiger partial charge in [-0.25, -0.2) is 8.42 Å². The van der Waals surface area contributed by atoms with Crippen molar-refractivity contribution in [1.82, 2.24) is 5.32 Å². The van der Waals surface area contributed by atoms with Gasteiger partial charge in [-0.05, 0) is 12.8 Å². The van der Waals surface area contributed by atoms with Crippen LogP contribution in [0, 0.1) is 5.92 Å². The molecule has 0 aliphatic heterocycles. The zero-order chi connectivity index (χ0) is 12.6. The molecule has 0 aromatic rings. The van der Waals surface area contributed by atoms with E-state index in [9.17, 15) is 8.42 Å². The number of hydrogen-bond donors (Lipinski definition) is 1. The average molecular weight is 250 g/mol. The molecule has 0 saturated heterocycles. The average Bonchev–Trinajstić information content (AvgIpc) is 2.10. The summed E-state index contributed by atoms with van der Waals surface area (Å²) in [5.41, 5.74) is 0. The van der Waals surface area contributed by atoms with Crippen LogP contribution in [0.5, 0.6) is 0 Å². The van der Waals surface area contributed by atoms with Gasteiger partial charge in [0.15, 0.2) is 0 Å². The fraction of sp³-hybridized carbons (Fsp3) is 0.900. The van der Waals surface area contributed by atoms with Crippen molar-refractivity contribution >= 4 is 16.1 Å². The van der Waals surface area contributed by atoms with Gasteiger partial charge in [-0.3, -0.25) is 0 Å². The minimum Gasteiger partial charge on any atom is -0.392 e. The topological polar surface area (TPSA) is 67.8 Å². The summed E-state index contributed by atoms with van der Waals surface area (Å²) in [5, 5.41) is 6.82. The van der Waals surface area contributed by atoms with E-state index in [0.717, 1.165) is 0 Å². The van der Waals surface area contributed by atoms with Crippen LogP contribution in [0.1, 0.15) is 20.8 Å². The van der Waals surface area contributed by atoms with Crippen LogP contribution >= 0.6 is 0 Å². The summed E-state index contributed by atoms with van der Waals surface area (Å²) in [6, 6.07) is 0. The highest BCUT2D eigenvalue weighted by Gasteiger charge is 2.04. The standard InChI is InChI=1S/C10H22N2O3S/c1-9(2)7-12-15-10(3)8-11-5-6-16(4,13)14/h7,9-11H,5-6,8H2,1-4H3/b12-7+. The molecule has 1 unspecified atom stereocenters. The molecule has 0 spiro atoms. The van der Waals surface area contributed by atoms with Crippen LogP contribution in [0.25, 0.3) is 0 Å². The molecule has 0 aliphatic carbocycles. The van der Waals surface area contributed by atoms with Gasteiger partial charge in [-0.1, -0.05) is 19.0 Å². The Hall–Kier alpha value is -0.620. The summed E-state index contributed by atoms with van der Waals surface area (Å²) in [4.78, 5) is 5.14. The monoisotopic (exact) mass is 250 g/mol. The first-order chi connectivity index (χ1) is 7.31. The molecule has 0 bridgehead atoms. The fourth-order valence-corrected chi connectivity index (χ4v) is 1.38. The lowest BCUT2D eigenvalue weighted by Gasteiger charge is -2.10. The Balaban J connectivity index is 3.55. The van der Waals surface area contributed by atoms with Crippen LogP contribution in [0.15, 0.2) is 5.16 Å². The summed E-state index contributed by atoms with van der Waals surface area (Å²) in [5.74, 6) is 0.514. The largest absolute Gasteiger partial charge is 0.392 e. The van der Waals surface area contributed by atoms with Gasteiger partial charge in [0.2, 0.25) is 0 Å². The second-order valence-electron chi connectivity index (χ2n) is 4.25. The maximum atomic E-state index is 10.8. The Morgan fingerprint density at radius 2 is 2.00 bits per heavy atom. The highest BCUT2D eigenvalue weighted by atomic mass is 32.2. The van der Waals surface area contributed by atoms with Crippen LogP contribution in [-0.2, 0) is 14.7 Å². The highest BCUT2D eigenvalue weighted by molar-refractivity contribution is 7.90. The highest BCUT2D eigenvalue weighted by Crippen LogP contribution is 1.92. The number of sulfone groups is 1. The number of nitrogens with one attached hydrogen (secondary N) is 1. The lowest BCUT2D eigenvalue weighted by atomic mass is 10.3. The smallest absolute Gasteiger partial charge is 0.148 e. The Labute approximate surface area is 98.2 Å². The van der Waals surface area contributed by atoms with Crippen LogP contribution < -0.4 is 5.32 Å². The Kier molecular flexibility index (Phi) is 7.33. The molecule has 0 rings (SSSR count). The maximum absolute atomic E-state index is 10.8. The van der Waals surface area contributed by atoms with Crippen molar-refractivity contribution in [2.75, 3.05) is 25.1 Å². The molecular weight excluding hydrogens is 228 g/mol. The number of nitrogens with zero attached hydrogens (tertiary/aromatic N) is 1. The van der Waals surface area contributed by atoms with Gasteiger partial charge < -0.3 is 10.2 Å². The SMILES string of the molecule is CC(C)/C=N/OC(C)CNCCS(C)(=O)=O. The molecule has 96 valence electrons. The summed E-state index contributed by atoms with van der Waals surface area (Å²) in [6.07, 6.45) is 2.89. The quantitative estimate of drug-likeness (QED) is 0.390. The molecule has 0 amide bonds. The molecule has 5 nitrogen and oxygen atoms in total. The maximum Gasteiger partial charge on any atom is 0.148 e.